The summed E-state index contributed by atoms with van der Waals surface area (Å²) in [6.45, 7) is 0. The fraction of sp³-hybridized carbons (Fsp3) is 0.143. The van der Waals surface area contributed by atoms with Crippen molar-refractivity contribution in [2.24, 2.45) is 0 Å². The van der Waals surface area contributed by atoms with Crippen LogP contribution < -0.4 is 10.5 Å². The Morgan fingerprint density at radius 2 is 2.00 bits per heavy atom. The van der Waals surface area contributed by atoms with Gasteiger partial charge >= 0.3 is 5.97 Å². The van der Waals surface area contributed by atoms with Gasteiger partial charge in [0.2, 0.25) is 0 Å². The first-order valence-electron chi connectivity index (χ1n) is 5.74. The smallest absolute Gasteiger partial charge is 0.338 e. The summed E-state index contributed by atoms with van der Waals surface area (Å²) in [6.07, 6.45) is 1.40. The summed E-state index contributed by atoms with van der Waals surface area (Å²) in [4.78, 5) is 15.7. The number of methoxy groups -OCH3 is 2. The second kappa shape index (κ2) is 5.56. The van der Waals surface area contributed by atoms with Gasteiger partial charge in [0.25, 0.3) is 0 Å². The number of anilines is 1. The number of esters is 1. The zero-order valence-electron chi connectivity index (χ0n) is 11.0. The van der Waals surface area contributed by atoms with Crippen molar-refractivity contribution in [2.75, 3.05) is 20.0 Å². The predicted molar refractivity (Wildman–Crippen MR) is 71.9 cm³/mol. The first kappa shape index (κ1) is 13.8. The van der Waals surface area contributed by atoms with Gasteiger partial charge in [-0.1, -0.05) is 0 Å². The molecule has 2 N–H and O–H groups in total. The highest BCUT2D eigenvalue weighted by atomic mass is 19.1. The predicted octanol–water partition coefficient (Wildman–Crippen LogP) is 2.27. The molecule has 0 amide bonds. The molecule has 2 rings (SSSR count). The number of ether oxygens (including phenoxy) is 2. The second-order valence-corrected chi connectivity index (χ2v) is 4.03. The van der Waals surface area contributed by atoms with Crippen LogP contribution >= 0.6 is 0 Å². The van der Waals surface area contributed by atoms with E-state index in [2.05, 4.69) is 4.98 Å². The van der Waals surface area contributed by atoms with E-state index in [-0.39, 0.29) is 11.4 Å². The van der Waals surface area contributed by atoms with Crippen molar-refractivity contribution in [2.45, 2.75) is 0 Å². The largest absolute Gasteiger partial charge is 0.497 e. The fourth-order valence-electron chi connectivity index (χ4n) is 1.82. The third kappa shape index (κ3) is 2.69. The number of benzene rings is 1. The standard InChI is InChI=1S/C14H13FN2O3/c1-19-10-4-8(3-9(15)5-10)12-7-17-13(16)6-11(12)14(18)20-2/h3-7H,1-2H3,(H2,16,17). The lowest BCUT2D eigenvalue weighted by atomic mass is 10.0. The molecule has 5 nitrogen and oxygen atoms in total. The quantitative estimate of drug-likeness (QED) is 0.870. The van der Waals surface area contributed by atoms with Crippen LogP contribution in [0.15, 0.2) is 30.5 Å². The zero-order chi connectivity index (χ0) is 14.7. The van der Waals surface area contributed by atoms with Crippen LogP contribution in [-0.4, -0.2) is 25.2 Å². The molecular weight excluding hydrogens is 263 g/mol. The van der Waals surface area contributed by atoms with E-state index in [1.165, 1.54) is 38.6 Å². The Morgan fingerprint density at radius 3 is 2.65 bits per heavy atom. The van der Waals surface area contributed by atoms with E-state index in [1.54, 1.807) is 6.07 Å². The molecule has 0 unspecified atom stereocenters. The van der Waals surface area contributed by atoms with Gasteiger partial charge in [-0.2, -0.15) is 0 Å². The minimum atomic E-state index is -0.572. The second-order valence-electron chi connectivity index (χ2n) is 4.03. The van der Waals surface area contributed by atoms with Crippen molar-refractivity contribution in [3.8, 4) is 16.9 Å². The molecule has 0 radical (unpaired) electrons. The monoisotopic (exact) mass is 276 g/mol. The number of nitrogen functional groups attached to an aromatic ring is 1. The molecule has 0 bridgehead atoms. The molecule has 0 aliphatic heterocycles. The van der Waals surface area contributed by atoms with E-state index < -0.39 is 11.8 Å². The minimum absolute atomic E-state index is 0.178. The van der Waals surface area contributed by atoms with Crippen molar-refractivity contribution in [3.63, 3.8) is 0 Å². The number of rotatable bonds is 3. The average Bonchev–Trinajstić information content (AvgIpc) is 2.45. The van der Waals surface area contributed by atoms with Crippen LogP contribution in [0.5, 0.6) is 5.75 Å². The summed E-state index contributed by atoms with van der Waals surface area (Å²) in [5.41, 5.74) is 6.66. The van der Waals surface area contributed by atoms with Gasteiger partial charge in [-0.05, 0) is 23.8 Å². The first-order chi connectivity index (χ1) is 9.55. The maximum Gasteiger partial charge on any atom is 0.338 e. The van der Waals surface area contributed by atoms with Gasteiger partial charge in [-0.15, -0.1) is 0 Å². The Labute approximate surface area is 115 Å². The van der Waals surface area contributed by atoms with E-state index in [4.69, 9.17) is 15.2 Å². The molecule has 0 spiro atoms. The van der Waals surface area contributed by atoms with Gasteiger partial charge in [0.1, 0.15) is 17.4 Å². The molecule has 20 heavy (non-hydrogen) atoms. The van der Waals surface area contributed by atoms with Crippen LogP contribution in [0.2, 0.25) is 0 Å². The maximum absolute atomic E-state index is 13.6. The van der Waals surface area contributed by atoms with E-state index in [1.807, 2.05) is 0 Å². The molecule has 0 saturated carbocycles. The molecule has 0 aliphatic rings. The lowest BCUT2D eigenvalue weighted by Crippen LogP contribution is -2.06. The Balaban J connectivity index is 2.63. The topological polar surface area (TPSA) is 74.4 Å². The number of carbonyl (C=O) groups is 1. The van der Waals surface area contributed by atoms with Gasteiger partial charge in [-0.25, -0.2) is 14.2 Å². The lowest BCUT2D eigenvalue weighted by molar-refractivity contribution is 0.0601. The highest BCUT2D eigenvalue weighted by Gasteiger charge is 2.16. The van der Waals surface area contributed by atoms with Crippen molar-refractivity contribution in [1.29, 1.82) is 0 Å². The average molecular weight is 276 g/mol. The van der Waals surface area contributed by atoms with E-state index in [0.29, 0.717) is 16.9 Å². The summed E-state index contributed by atoms with van der Waals surface area (Å²) in [5, 5.41) is 0. The summed E-state index contributed by atoms with van der Waals surface area (Å²) in [5.74, 6) is -0.533. The van der Waals surface area contributed by atoms with Crippen LogP contribution in [0, 0.1) is 5.82 Å². The van der Waals surface area contributed by atoms with E-state index >= 15 is 0 Å². The molecule has 2 aromatic rings. The van der Waals surface area contributed by atoms with Crippen molar-refractivity contribution in [1.82, 2.24) is 4.98 Å². The number of nitrogens with zero attached hydrogens (tertiary/aromatic N) is 1. The van der Waals surface area contributed by atoms with Crippen LogP contribution in [0.1, 0.15) is 10.4 Å². The summed E-state index contributed by atoms with van der Waals surface area (Å²) in [6, 6.07) is 5.51. The van der Waals surface area contributed by atoms with Crippen molar-refractivity contribution >= 4 is 11.8 Å². The zero-order valence-corrected chi connectivity index (χ0v) is 11.0. The van der Waals surface area contributed by atoms with Crippen molar-refractivity contribution < 1.29 is 18.7 Å². The summed E-state index contributed by atoms with van der Waals surface area (Å²) < 4.78 is 23.3. The summed E-state index contributed by atoms with van der Waals surface area (Å²) >= 11 is 0. The van der Waals surface area contributed by atoms with E-state index in [9.17, 15) is 9.18 Å². The number of pyridine rings is 1. The molecule has 0 atom stereocenters. The fourth-order valence-corrected chi connectivity index (χ4v) is 1.82. The van der Waals surface area contributed by atoms with Gasteiger partial charge in [0, 0.05) is 17.8 Å². The van der Waals surface area contributed by atoms with Crippen LogP contribution in [-0.2, 0) is 4.74 Å². The minimum Gasteiger partial charge on any atom is -0.497 e. The third-order valence-electron chi connectivity index (χ3n) is 2.75. The summed E-state index contributed by atoms with van der Waals surface area (Å²) in [7, 11) is 2.69. The van der Waals surface area contributed by atoms with Gasteiger partial charge in [-0.3, -0.25) is 0 Å². The Bertz CT molecular complexity index is 659. The molecular formula is C14H13FN2O3. The number of halogens is 1. The molecule has 1 heterocycles. The molecule has 0 fully saturated rings. The van der Waals surface area contributed by atoms with Gasteiger partial charge in [0.05, 0.1) is 19.8 Å². The van der Waals surface area contributed by atoms with Gasteiger partial charge in [0.15, 0.2) is 0 Å². The highest BCUT2D eigenvalue weighted by molar-refractivity contribution is 5.97. The van der Waals surface area contributed by atoms with Crippen molar-refractivity contribution in [3.05, 3.63) is 41.8 Å². The number of hydrogen-bond donors (Lipinski definition) is 1. The Hall–Kier alpha value is -2.63. The number of hydrogen-bond acceptors (Lipinski definition) is 5. The highest BCUT2D eigenvalue weighted by Crippen LogP contribution is 2.29. The number of nitrogens with two attached hydrogens (primary N) is 1. The number of aromatic nitrogens is 1. The maximum atomic E-state index is 13.6. The van der Waals surface area contributed by atoms with Gasteiger partial charge < -0.3 is 15.2 Å². The normalized spacial score (nSPS) is 10.2. The Kier molecular flexibility index (Phi) is 3.84. The van der Waals surface area contributed by atoms with Crippen LogP contribution in [0.3, 0.4) is 0 Å². The SMILES string of the molecule is COC(=O)c1cc(N)ncc1-c1cc(F)cc(OC)c1. The number of carbonyl (C=O) groups excluding carboxylic acids is 1. The first-order valence-corrected chi connectivity index (χ1v) is 5.74. The van der Waals surface area contributed by atoms with Crippen LogP contribution in [0.4, 0.5) is 10.2 Å². The molecule has 0 saturated heterocycles. The molecule has 0 aliphatic carbocycles. The molecule has 104 valence electrons. The molecule has 6 heteroatoms. The lowest BCUT2D eigenvalue weighted by Gasteiger charge is -2.10. The van der Waals surface area contributed by atoms with E-state index in [0.717, 1.165) is 0 Å². The van der Waals surface area contributed by atoms with Crippen LogP contribution in [0.25, 0.3) is 11.1 Å². The molecule has 1 aromatic heterocycles. The third-order valence-corrected chi connectivity index (χ3v) is 2.75. The Morgan fingerprint density at radius 1 is 1.25 bits per heavy atom. The molecule has 1 aromatic carbocycles.